The lowest BCUT2D eigenvalue weighted by Gasteiger charge is -2.06. The van der Waals surface area contributed by atoms with Gasteiger partial charge in [0.2, 0.25) is 0 Å². The molecular weight excluding hydrogens is 270 g/mol. The van der Waals surface area contributed by atoms with Gasteiger partial charge >= 0.3 is 0 Å². The van der Waals surface area contributed by atoms with Crippen molar-refractivity contribution >= 4 is 17.4 Å². The van der Waals surface area contributed by atoms with Crippen molar-refractivity contribution in [3.05, 3.63) is 41.6 Å². The third kappa shape index (κ3) is 5.47. The molecule has 6 heteroatoms. The van der Waals surface area contributed by atoms with Crippen LogP contribution < -0.4 is 10.6 Å². The lowest BCUT2D eigenvalue weighted by atomic mass is 10.1. The SMILES string of the molecule is COCCN/C=C(/C#N)C(=O)Nc1cccc(C(C)=O)c1. The molecule has 110 valence electrons. The Hall–Kier alpha value is -2.65. The van der Waals surface area contributed by atoms with Gasteiger partial charge in [0.05, 0.1) is 6.61 Å². The number of carbonyl (C=O) groups excluding carboxylic acids is 2. The number of hydrogen-bond acceptors (Lipinski definition) is 5. The first-order valence-electron chi connectivity index (χ1n) is 6.33. The summed E-state index contributed by atoms with van der Waals surface area (Å²) in [6.45, 7) is 2.41. The van der Waals surface area contributed by atoms with Crippen LogP contribution in [0.1, 0.15) is 17.3 Å². The predicted octanol–water partition coefficient (Wildman–Crippen LogP) is 1.47. The van der Waals surface area contributed by atoms with Crippen molar-refractivity contribution < 1.29 is 14.3 Å². The van der Waals surface area contributed by atoms with Crippen LogP contribution in [0.5, 0.6) is 0 Å². The van der Waals surface area contributed by atoms with E-state index in [1.54, 1.807) is 31.4 Å². The molecule has 0 spiro atoms. The van der Waals surface area contributed by atoms with E-state index in [1.807, 2.05) is 6.07 Å². The molecule has 0 heterocycles. The van der Waals surface area contributed by atoms with Gasteiger partial charge in [0.15, 0.2) is 5.78 Å². The Morgan fingerprint density at radius 1 is 1.43 bits per heavy atom. The van der Waals surface area contributed by atoms with Crippen LogP contribution in [0.2, 0.25) is 0 Å². The van der Waals surface area contributed by atoms with E-state index in [0.717, 1.165) is 0 Å². The summed E-state index contributed by atoms with van der Waals surface area (Å²) < 4.78 is 4.84. The van der Waals surface area contributed by atoms with Gasteiger partial charge in [0, 0.05) is 31.1 Å². The van der Waals surface area contributed by atoms with Crippen LogP contribution in [0.25, 0.3) is 0 Å². The molecule has 1 aromatic rings. The first-order valence-corrected chi connectivity index (χ1v) is 6.33. The maximum absolute atomic E-state index is 11.9. The van der Waals surface area contributed by atoms with E-state index in [9.17, 15) is 9.59 Å². The average molecular weight is 287 g/mol. The van der Waals surface area contributed by atoms with E-state index in [0.29, 0.717) is 24.4 Å². The third-order valence-electron chi connectivity index (χ3n) is 2.59. The third-order valence-corrected chi connectivity index (χ3v) is 2.59. The fraction of sp³-hybridized carbons (Fsp3) is 0.267. The van der Waals surface area contributed by atoms with Crippen LogP contribution in [0.4, 0.5) is 5.69 Å². The van der Waals surface area contributed by atoms with Crippen molar-refractivity contribution in [3.63, 3.8) is 0 Å². The number of methoxy groups -OCH3 is 1. The molecule has 1 rings (SSSR count). The number of amides is 1. The number of hydrogen-bond donors (Lipinski definition) is 2. The molecule has 6 nitrogen and oxygen atoms in total. The van der Waals surface area contributed by atoms with Crippen molar-refractivity contribution in [1.82, 2.24) is 5.32 Å². The standard InChI is InChI=1S/C15H17N3O3/c1-11(19)12-4-3-5-14(8-12)18-15(20)13(9-16)10-17-6-7-21-2/h3-5,8,10,17H,6-7H2,1-2H3,(H,18,20)/b13-10-. The number of benzene rings is 1. The first kappa shape index (κ1) is 16.4. The zero-order chi connectivity index (χ0) is 15.7. The van der Waals surface area contributed by atoms with E-state index in [-0.39, 0.29) is 11.4 Å². The summed E-state index contributed by atoms with van der Waals surface area (Å²) in [7, 11) is 1.56. The number of ether oxygens (including phenoxy) is 1. The molecule has 0 atom stereocenters. The lowest BCUT2D eigenvalue weighted by Crippen LogP contribution is -2.18. The molecular formula is C15H17N3O3. The van der Waals surface area contributed by atoms with Gasteiger partial charge in [-0.2, -0.15) is 5.26 Å². The minimum absolute atomic E-state index is 0.0562. The highest BCUT2D eigenvalue weighted by Gasteiger charge is 2.10. The fourth-order valence-corrected chi connectivity index (χ4v) is 1.50. The molecule has 0 radical (unpaired) electrons. The van der Waals surface area contributed by atoms with Crippen molar-refractivity contribution in [2.45, 2.75) is 6.92 Å². The zero-order valence-corrected chi connectivity index (χ0v) is 12.0. The number of anilines is 1. The number of nitriles is 1. The predicted molar refractivity (Wildman–Crippen MR) is 78.7 cm³/mol. The number of nitrogens with one attached hydrogen (secondary N) is 2. The highest BCUT2D eigenvalue weighted by molar-refractivity contribution is 6.07. The second-order valence-electron chi connectivity index (χ2n) is 4.21. The van der Waals surface area contributed by atoms with E-state index >= 15 is 0 Å². The summed E-state index contributed by atoms with van der Waals surface area (Å²) in [5, 5.41) is 14.4. The van der Waals surface area contributed by atoms with Gasteiger partial charge in [0.25, 0.3) is 5.91 Å². The molecule has 0 unspecified atom stereocenters. The zero-order valence-electron chi connectivity index (χ0n) is 12.0. The smallest absolute Gasteiger partial charge is 0.267 e. The van der Waals surface area contributed by atoms with Crippen LogP contribution in [0, 0.1) is 11.3 Å². The summed E-state index contributed by atoms with van der Waals surface area (Å²) in [6.07, 6.45) is 1.34. The molecule has 0 bridgehead atoms. The van der Waals surface area contributed by atoms with Gasteiger partial charge < -0.3 is 15.4 Å². The Balaban J connectivity index is 2.72. The van der Waals surface area contributed by atoms with Gasteiger partial charge in [-0.3, -0.25) is 9.59 Å². The lowest BCUT2D eigenvalue weighted by molar-refractivity contribution is -0.112. The van der Waals surface area contributed by atoms with Gasteiger partial charge in [-0.05, 0) is 19.1 Å². The summed E-state index contributed by atoms with van der Waals surface area (Å²) in [6, 6.07) is 8.35. The largest absolute Gasteiger partial charge is 0.387 e. The highest BCUT2D eigenvalue weighted by atomic mass is 16.5. The number of Topliss-reactive ketones (excluding diaryl/α,β-unsaturated/α-hetero) is 1. The van der Waals surface area contributed by atoms with Crippen molar-refractivity contribution in [2.24, 2.45) is 0 Å². The molecule has 21 heavy (non-hydrogen) atoms. The number of ketones is 1. The van der Waals surface area contributed by atoms with E-state index in [4.69, 9.17) is 10.00 Å². The Morgan fingerprint density at radius 2 is 2.19 bits per heavy atom. The molecule has 0 saturated carbocycles. The van der Waals surface area contributed by atoms with Gasteiger partial charge in [-0.15, -0.1) is 0 Å². The van der Waals surface area contributed by atoms with E-state index in [1.165, 1.54) is 13.1 Å². The van der Waals surface area contributed by atoms with Crippen molar-refractivity contribution in [2.75, 3.05) is 25.6 Å². The fourth-order valence-electron chi connectivity index (χ4n) is 1.50. The normalized spacial score (nSPS) is 10.6. The maximum atomic E-state index is 11.9. The molecule has 1 amide bonds. The number of nitrogens with zero attached hydrogens (tertiary/aromatic N) is 1. The summed E-state index contributed by atoms with van der Waals surface area (Å²) >= 11 is 0. The molecule has 0 saturated heterocycles. The van der Waals surface area contributed by atoms with E-state index < -0.39 is 5.91 Å². The second-order valence-corrected chi connectivity index (χ2v) is 4.21. The molecule has 2 N–H and O–H groups in total. The van der Waals surface area contributed by atoms with Gasteiger partial charge in [0.1, 0.15) is 11.6 Å². The van der Waals surface area contributed by atoms with Gasteiger partial charge in [-0.1, -0.05) is 12.1 Å². The van der Waals surface area contributed by atoms with Crippen LogP contribution >= 0.6 is 0 Å². The monoisotopic (exact) mass is 287 g/mol. The van der Waals surface area contributed by atoms with Crippen LogP contribution in [0.15, 0.2) is 36.0 Å². The number of carbonyl (C=O) groups is 2. The quantitative estimate of drug-likeness (QED) is 0.343. The number of rotatable bonds is 7. The maximum Gasteiger partial charge on any atom is 0.267 e. The minimum atomic E-state index is -0.539. The summed E-state index contributed by atoms with van der Waals surface area (Å²) in [5.74, 6) is -0.633. The van der Waals surface area contributed by atoms with Crippen molar-refractivity contribution in [3.8, 4) is 6.07 Å². The molecule has 1 aromatic carbocycles. The highest BCUT2D eigenvalue weighted by Crippen LogP contribution is 2.12. The topological polar surface area (TPSA) is 91.2 Å². The molecule has 0 aliphatic heterocycles. The molecule has 0 aliphatic carbocycles. The van der Waals surface area contributed by atoms with Gasteiger partial charge in [-0.25, -0.2) is 0 Å². The first-order chi connectivity index (χ1) is 10.1. The van der Waals surface area contributed by atoms with Crippen LogP contribution in [-0.4, -0.2) is 32.0 Å². The Morgan fingerprint density at radius 3 is 2.81 bits per heavy atom. The summed E-state index contributed by atoms with van der Waals surface area (Å²) in [4.78, 5) is 23.2. The van der Waals surface area contributed by atoms with E-state index in [2.05, 4.69) is 10.6 Å². The molecule has 0 aromatic heterocycles. The molecule has 0 fully saturated rings. The Kier molecular flexibility index (Phi) is 6.65. The Bertz CT molecular complexity index is 588. The van der Waals surface area contributed by atoms with Crippen molar-refractivity contribution in [1.29, 1.82) is 5.26 Å². The summed E-state index contributed by atoms with van der Waals surface area (Å²) in [5.41, 5.74) is 0.901. The molecule has 0 aliphatic rings. The second kappa shape index (κ2) is 8.51. The van der Waals surface area contributed by atoms with Crippen LogP contribution in [-0.2, 0) is 9.53 Å². The van der Waals surface area contributed by atoms with Crippen LogP contribution in [0.3, 0.4) is 0 Å². The minimum Gasteiger partial charge on any atom is -0.387 e. The average Bonchev–Trinajstić information content (AvgIpc) is 2.47. The Labute approximate surface area is 123 Å².